The molecule has 4 nitrogen and oxygen atoms in total. The van der Waals surface area contributed by atoms with E-state index in [0.717, 1.165) is 24.5 Å². The summed E-state index contributed by atoms with van der Waals surface area (Å²) >= 11 is 1.75. The highest BCUT2D eigenvalue weighted by Gasteiger charge is 2.08. The van der Waals surface area contributed by atoms with Gasteiger partial charge in [-0.3, -0.25) is 9.69 Å². The molecule has 0 atom stereocenters. The number of carbonyl (C=O) groups excluding carboxylic acids is 1. The van der Waals surface area contributed by atoms with Crippen molar-refractivity contribution >= 4 is 23.4 Å². The maximum Gasteiger partial charge on any atom is 0.255 e. The molecule has 0 heterocycles. The molecule has 5 heteroatoms. The van der Waals surface area contributed by atoms with Crippen LogP contribution in [0.2, 0.25) is 0 Å². The molecule has 0 radical (unpaired) electrons. The standard InChI is InChI=1S/C24H26N2O2S/c1-26(17-19-6-14-23(29-3)15-7-19)16-18-4-8-20(9-5-18)24(27)25-21-10-12-22(28-2)13-11-21/h4-15H,16-17H2,1-3H3,(H,25,27). The molecule has 0 aliphatic carbocycles. The van der Waals surface area contributed by atoms with Crippen LogP contribution in [0.3, 0.4) is 0 Å². The summed E-state index contributed by atoms with van der Waals surface area (Å²) in [4.78, 5) is 16.0. The summed E-state index contributed by atoms with van der Waals surface area (Å²) in [5, 5.41) is 2.91. The van der Waals surface area contributed by atoms with Crippen molar-refractivity contribution < 1.29 is 9.53 Å². The van der Waals surface area contributed by atoms with Crippen molar-refractivity contribution in [2.75, 3.05) is 25.7 Å². The quantitative estimate of drug-likeness (QED) is 0.515. The topological polar surface area (TPSA) is 41.6 Å². The Bertz CT molecular complexity index is 923. The molecule has 0 aliphatic heterocycles. The third-order valence-electron chi connectivity index (χ3n) is 4.63. The number of anilines is 1. The lowest BCUT2D eigenvalue weighted by atomic mass is 10.1. The minimum absolute atomic E-state index is 0.121. The van der Waals surface area contributed by atoms with Gasteiger partial charge in [0.15, 0.2) is 0 Å². The van der Waals surface area contributed by atoms with Crippen LogP contribution in [-0.2, 0) is 13.1 Å². The Hall–Kier alpha value is -2.76. The van der Waals surface area contributed by atoms with Crippen LogP contribution in [-0.4, -0.2) is 31.2 Å². The van der Waals surface area contributed by atoms with Crippen molar-refractivity contribution in [2.24, 2.45) is 0 Å². The predicted molar refractivity (Wildman–Crippen MR) is 121 cm³/mol. The van der Waals surface area contributed by atoms with Gasteiger partial charge in [-0.05, 0) is 73.0 Å². The van der Waals surface area contributed by atoms with E-state index >= 15 is 0 Å². The van der Waals surface area contributed by atoms with E-state index in [-0.39, 0.29) is 5.91 Å². The highest BCUT2D eigenvalue weighted by molar-refractivity contribution is 7.98. The third kappa shape index (κ3) is 6.11. The van der Waals surface area contributed by atoms with Gasteiger partial charge in [-0.25, -0.2) is 0 Å². The average Bonchev–Trinajstić information content (AvgIpc) is 2.75. The van der Waals surface area contributed by atoms with Crippen LogP contribution in [0.25, 0.3) is 0 Å². The lowest BCUT2D eigenvalue weighted by molar-refractivity contribution is 0.102. The number of hydrogen-bond donors (Lipinski definition) is 1. The Kier molecular flexibility index (Phi) is 7.33. The van der Waals surface area contributed by atoms with Crippen LogP contribution in [0.1, 0.15) is 21.5 Å². The molecule has 0 bridgehead atoms. The summed E-state index contributed by atoms with van der Waals surface area (Å²) in [5.74, 6) is 0.639. The van der Waals surface area contributed by atoms with E-state index in [1.165, 1.54) is 16.0 Å². The second-order valence-electron chi connectivity index (χ2n) is 6.90. The number of nitrogens with one attached hydrogen (secondary N) is 1. The Morgan fingerprint density at radius 2 is 1.45 bits per heavy atom. The van der Waals surface area contributed by atoms with E-state index in [9.17, 15) is 4.79 Å². The monoisotopic (exact) mass is 406 g/mol. The van der Waals surface area contributed by atoms with E-state index in [0.29, 0.717) is 5.56 Å². The van der Waals surface area contributed by atoms with Gasteiger partial charge >= 0.3 is 0 Å². The Morgan fingerprint density at radius 1 is 0.897 bits per heavy atom. The van der Waals surface area contributed by atoms with Gasteiger partial charge in [-0.2, -0.15) is 0 Å². The number of amides is 1. The van der Waals surface area contributed by atoms with Gasteiger partial charge in [0.1, 0.15) is 5.75 Å². The summed E-state index contributed by atoms with van der Waals surface area (Å²) in [7, 11) is 3.72. The number of methoxy groups -OCH3 is 1. The minimum Gasteiger partial charge on any atom is -0.497 e. The second kappa shape index (κ2) is 10.1. The zero-order valence-corrected chi connectivity index (χ0v) is 17.8. The lowest BCUT2D eigenvalue weighted by Crippen LogP contribution is -2.17. The smallest absolute Gasteiger partial charge is 0.255 e. The fourth-order valence-electron chi connectivity index (χ4n) is 3.05. The number of thioether (sulfide) groups is 1. The minimum atomic E-state index is -0.121. The number of nitrogens with zero attached hydrogens (tertiary/aromatic N) is 1. The molecule has 0 saturated heterocycles. The zero-order valence-electron chi connectivity index (χ0n) is 17.0. The molecule has 3 aromatic carbocycles. The largest absolute Gasteiger partial charge is 0.497 e. The highest BCUT2D eigenvalue weighted by atomic mass is 32.2. The first-order valence-electron chi connectivity index (χ1n) is 9.43. The molecule has 150 valence electrons. The normalized spacial score (nSPS) is 10.8. The van der Waals surface area contributed by atoms with Crippen molar-refractivity contribution in [2.45, 2.75) is 18.0 Å². The number of benzene rings is 3. The van der Waals surface area contributed by atoms with Crippen molar-refractivity contribution in [1.82, 2.24) is 4.90 Å². The SMILES string of the molecule is COc1ccc(NC(=O)c2ccc(CN(C)Cc3ccc(SC)cc3)cc2)cc1. The zero-order chi connectivity index (χ0) is 20.6. The van der Waals surface area contributed by atoms with E-state index in [4.69, 9.17) is 4.74 Å². The van der Waals surface area contributed by atoms with E-state index in [2.05, 4.69) is 47.8 Å². The number of hydrogen-bond acceptors (Lipinski definition) is 4. The molecule has 0 spiro atoms. The molecule has 3 rings (SSSR count). The van der Waals surface area contributed by atoms with Crippen molar-refractivity contribution in [3.63, 3.8) is 0 Å². The lowest BCUT2D eigenvalue weighted by Gasteiger charge is -2.17. The Labute approximate surface area is 176 Å². The molecule has 0 unspecified atom stereocenters. The van der Waals surface area contributed by atoms with Gasteiger partial charge in [0, 0.05) is 29.2 Å². The Balaban J connectivity index is 1.54. The van der Waals surface area contributed by atoms with Crippen molar-refractivity contribution in [3.05, 3.63) is 89.5 Å². The molecule has 0 aliphatic rings. The van der Waals surface area contributed by atoms with Gasteiger partial charge in [0.25, 0.3) is 5.91 Å². The van der Waals surface area contributed by atoms with Gasteiger partial charge in [0.05, 0.1) is 7.11 Å². The molecule has 0 aromatic heterocycles. The van der Waals surface area contributed by atoms with Crippen LogP contribution in [0.4, 0.5) is 5.69 Å². The molecule has 3 aromatic rings. The molecule has 0 saturated carbocycles. The van der Waals surface area contributed by atoms with Gasteiger partial charge in [-0.1, -0.05) is 24.3 Å². The average molecular weight is 407 g/mol. The molecule has 0 fully saturated rings. The summed E-state index contributed by atoms with van der Waals surface area (Å²) in [6, 6.07) is 23.7. The maximum atomic E-state index is 12.4. The Morgan fingerprint density at radius 3 is 1.97 bits per heavy atom. The number of ether oxygens (including phenoxy) is 1. The van der Waals surface area contributed by atoms with Crippen LogP contribution in [0.15, 0.2) is 77.7 Å². The van der Waals surface area contributed by atoms with Crippen LogP contribution >= 0.6 is 11.8 Å². The molecule has 1 amide bonds. The summed E-state index contributed by atoms with van der Waals surface area (Å²) in [5.41, 5.74) is 3.85. The highest BCUT2D eigenvalue weighted by Crippen LogP contribution is 2.18. The second-order valence-corrected chi connectivity index (χ2v) is 7.78. The summed E-state index contributed by atoms with van der Waals surface area (Å²) in [6.07, 6.45) is 2.09. The molecule has 1 N–H and O–H groups in total. The maximum absolute atomic E-state index is 12.4. The predicted octanol–water partition coefficient (Wildman–Crippen LogP) is 5.30. The summed E-state index contributed by atoms with van der Waals surface area (Å²) in [6.45, 7) is 1.71. The third-order valence-corrected chi connectivity index (χ3v) is 5.37. The van der Waals surface area contributed by atoms with Gasteiger partial charge < -0.3 is 10.1 Å². The molecule has 29 heavy (non-hydrogen) atoms. The first-order chi connectivity index (χ1) is 14.1. The fourth-order valence-corrected chi connectivity index (χ4v) is 3.46. The first-order valence-corrected chi connectivity index (χ1v) is 10.7. The van der Waals surface area contributed by atoms with Gasteiger partial charge in [-0.15, -0.1) is 11.8 Å². The van der Waals surface area contributed by atoms with E-state index in [1.807, 2.05) is 48.5 Å². The number of carbonyl (C=O) groups is 1. The summed E-state index contributed by atoms with van der Waals surface area (Å²) < 4.78 is 5.13. The van der Waals surface area contributed by atoms with Gasteiger partial charge in [0.2, 0.25) is 0 Å². The fraction of sp³-hybridized carbons (Fsp3) is 0.208. The van der Waals surface area contributed by atoms with Crippen molar-refractivity contribution in [1.29, 1.82) is 0 Å². The first kappa shape index (κ1) is 21.0. The molecular formula is C24H26N2O2S. The van der Waals surface area contributed by atoms with Crippen LogP contribution in [0, 0.1) is 0 Å². The molecular weight excluding hydrogens is 380 g/mol. The van der Waals surface area contributed by atoms with E-state index in [1.54, 1.807) is 18.9 Å². The van der Waals surface area contributed by atoms with E-state index < -0.39 is 0 Å². The van der Waals surface area contributed by atoms with Crippen LogP contribution in [0.5, 0.6) is 5.75 Å². The van der Waals surface area contributed by atoms with Crippen molar-refractivity contribution in [3.8, 4) is 5.75 Å². The number of rotatable bonds is 8. The van der Waals surface area contributed by atoms with Crippen LogP contribution < -0.4 is 10.1 Å².